The number of thioether (sulfide) groups is 1. The van der Waals surface area contributed by atoms with Gasteiger partial charge in [0.15, 0.2) is 10.4 Å². The van der Waals surface area contributed by atoms with E-state index in [1.165, 1.54) is 30.2 Å². The molecule has 1 atom stereocenters. The molecule has 1 aromatic heterocycles. The van der Waals surface area contributed by atoms with Crippen LogP contribution in [-0.4, -0.2) is 41.0 Å². The molecule has 27 heavy (non-hydrogen) atoms. The zero-order chi connectivity index (χ0) is 20.0. The zero-order valence-corrected chi connectivity index (χ0v) is 17.6. The standard InChI is InChI=1S/C18H23N3O4S2/c1-10(2)13-7-6-11(3)8-14(13)25-12(4)16(23)19-17-20-21-18(27-17)26-9-15(22)24-5/h6-8,10,12H,9H2,1-5H3,(H,19,20,23)/t12-/m0/s1. The highest BCUT2D eigenvalue weighted by Crippen LogP contribution is 2.29. The van der Waals surface area contributed by atoms with Gasteiger partial charge in [-0.2, -0.15) is 0 Å². The van der Waals surface area contributed by atoms with Gasteiger partial charge in [-0.25, -0.2) is 0 Å². The number of hydrogen-bond acceptors (Lipinski definition) is 8. The lowest BCUT2D eigenvalue weighted by Crippen LogP contribution is -2.30. The Bertz CT molecular complexity index is 808. The third kappa shape index (κ3) is 6.21. The van der Waals surface area contributed by atoms with Crippen LogP contribution in [-0.2, 0) is 14.3 Å². The molecule has 2 rings (SSSR count). The fourth-order valence-electron chi connectivity index (χ4n) is 2.17. The van der Waals surface area contributed by atoms with Gasteiger partial charge in [0.05, 0.1) is 12.9 Å². The van der Waals surface area contributed by atoms with E-state index in [4.69, 9.17) is 4.74 Å². The second-order valence-electron chi connectivity index (χ2n) is 6.18. The minimum atomic E-state index is -0.695. The second kappa shape index (κ2) is 9.70. The molecule has 0 saturated heterocycles. The van der Waals surface area contributed by atoms with Crippen molar-refractivity contribution in [2.24, 2.45) is 0 Å². The Morgan fingerprint density at radius 1 is 1.26 bits per heavy atom. The van der Waals surface area contributed by atoms with Gasteiger partial charge in [0.25, 0.3) is 5.91 Å². The van der Waals surface area contributed by atoms with Gasteiger partial charge in [-0.1, -0.05) is 49.1 Å². The number of aryl methyl sites for hydroxylation is 1. The maximum Gasteiger partial charge on any atom is 0.316 e. The highest BCUT2D eigenvalue weighted by atomic mass is 32.2. The largest absolute Gasteiger partial charge is 0.481 e. The molecule has 9 heteroatoms. The number of rotatable bonds is 8. The number of nitrogens with one attached hydrogen (secondary N) is 1. The van der Waals surface area contributed by atoms with Crippen LogP contribution in [0.15, 0.2) is 22.5 Å². The van der Waals surface area contributed by atoms with Crippen LogP contribution in [0.5, 0.6) is 5.75 Å². The fraction of sp³-hybridized carbons (Fsp3) is 0.444. The number of nitrogens with zero attached hydrogens (tertiary/aromatic N) is 2. The van der Waals surface area contributed by atoms with Gasteiger partial charge in [0, 0.05) is 0 Å². The lowest BCUT2D eigenvalue weighted by molar-refractivity contribution is -0.137. The van der Waals surface area contributed by atoms with E-state index in [0.717, 1.165) is 11.1 Å². The number of methoxy groups -OCH3 is 1. The molecule has 1 heterocycles. The molecule has 1 amide bonds. The number of carbonyl (C=O) groups excluding carboxylic acids is 2. The van der Waals surface area contributed by atoms with Crippen molar-refractivity contribution in [3.05, 3.63) is 29.3 Å². The Morgan fingerprint density at radius 2 is 2.00 bits per heavy atom. The molecule has 0 saturated carbocycles. The Hall–Kier alpha value is -2.13. The molecule has 0 aliphatic rings. The lowest BCUT2D eigenvalue weighted by Gasteiger charge is -2.18. The SMILES string of the molecule is COC(=O)CSc1nnc(NC(=O)[C@H](C)Oc2cc(C)ccc2C(C)C)s1. The summed E-state index contributed by atoms with van der Waals surface area (Å²) >= 11 is 2.40. The van der Waals surface area contributed by atoms with Crippen molar-refractivity contribution in [3.63, 3.8) is 0 Å². The van der Waals surface area contributed by atoms with Crippen molar-refractivity contribution in [2.75, 3.05) is 18.2 Å². The number of benzene rings is 1. The summed E-state index contributed by atoms with van der Waals surface area (Å²) in [6.07, 6.45) is -0.695. The Balaban J connectivity index is 1.97. The van der Waals surface area contributed by atoms with Gasteiger partial charge < -0.3 is 9.47 Å². The number of amides is 1. The molecule has 1 aromatic carbocycles. The molecule has 2 aromatic rings. The molecule has 0 aliphatic carbocycles. The zero-order valence-electron chi connectivity index (χ0n) is 15.9. The molecule has 0 aliphatic heterocycles. The van der Waals surface area contributed by atoms with Crippen LogP contribution in [0.25, 0.3) is 0 Å². The van der Waals surface area contributed by atoms with Crippen molar-refractivity contribution in [1.82, 2.24) is 10.2 Å². The number of ether oxygens (including phenoxy) is 2. The minimum absolute atomic E-state index is 0.143. The lowest BCUT2D eigenvalue weighted by atomic mass is 10.0. The first kappa shape index (κ1) is 21.2. The molecule has 1 N–H and O–H groups in total. The maximum atomic E-state index is 12.4. The summed E-state index contributed by atoms with van der Waals surface area (Å²) in [6, 6.07) is 5.99. The van der Waals surface area contributed by atoms with E-state index in [1.54, 1.807) is 6.92 Å². The number of hydrogen-bond donors (Lipinski definition) is 1. The van der Waals surface area contributed by atoms with Gasteiger partial charge in [-0.05, 0) is 37.0 Å². The number of anilines is 1. The summed E-state index contributed by atoms with van der Waals surface area (Å²) in [4.78, 5) is 23.6. The summed E-state index contributed by atoms with van der Waals surface area (Å²) in [7, 11) is 1.33. The van der Waals surface area contributed by atoms with Crippen LogP contribution >= 0.6 is 23.1 Å². The van der Waals surface area contributed by atoms with E-state index in [-0.39, 0.29) is 23.5 Å². The summed E-state index contributed by atoms with van der Waals surface area (Å²) in [5.74, 6) is 0.477. The van der Waals surface area contributed by atoms with Crippen LogP contribution in [0.2, 0.25) is 0 Å². The molecule has 0 fully saturated rings. The van der Waals surface area contributed by atoms with Crippen molar-refractivity contribution < 1.29 is 19.1 Å². The molecule has 0 radical (unpaired) electrons. The van der Waals surface area contributed by atoms with Gasteiger partial charge in [-0.15, -0.1) is 10.2 Å². The number of carbonyl (C=O) groups is 2. The predicted octanol–water partition coefficient (Wildman–Crippen LogP) is 3.64. The smallest absolute Gasteiger partial charge is 0.316 e. The first-order valence-electron chi connectivity index (χ1n) is 8.41. The van der Waals surface area contributed by atoms with Gasteiger partial charge >= 0.3 is 5.97 Å². The average Bonchev–Trinajstić information content (AvgIpc) is 3.06. The van der Waals surface area contributed by atoms with E-state index in [9.17, 15) is 9.59 Å². The topological polar surface area (TPSA) is 90.4 Å². The maximum absolute atomic E-state index is 12.4. The Morgan fingerprint density at radius 3 is 2.67 bits per heavy atom. The first-order valence-corrected chi connectivity index (χ1v) is 10.2. The average molecular weight is 410 g/mol. The van der Waals surface area contributed by atoms with E-state index in [1.807, 2.05) is 25.1 Å². The van der Waals surface area contributed by atoms with Gasteiger partial charge in [-0.3, -0.25) is 14.9 Å². The molecule has 0 bridgehead atoms. The molecule has 7 nitrogen and oxygen atoms in total. The van der Waals surface area contributed by atoms with Crippen LogP contribution < -0.4 is 10.1 Å². The third-order valence-electron chi connectivity index (χ3n) is 3.64. The van der Waals surface area contributed by atoms with Crippen molar-refractivity contribution >= 4 is 40.1 Å². The summed E-state index contributed by atoms with van der Waals surface area (Å²) in [5.41, 5.74) is 2.12. The highest BCUT2D eigenvalue weighted by molar-refractivity contribution is 8.01. The summed E-state index contributed by atoms with van der Waals surface area (Å²) < 4.78 is 11.1. The molecule has 0 unspecified atom stereocenters. The summed E-state index contributed by atoms with van der Waals surface area (Å²) in [6.45, 7) is 7.83. The fourth-order valence-corrected chi connectivity index (χ4v) is 3.76. The quantitative estimate of drug-likeness (QED) is 0.404. The van der Waals surface area contributed by atoms with Crippen LogP contribution in [0.1, 0.15) is 37.8 Å². The third-order valence-corrected chi connectivity index (χ3v) is 5.59. The van der Waals surface area contributed by atoms with Crippen molar-refractivity contribution in [1.29, 1.82) is 0 Å². The normalized spacial score (nSPS) is 11.9. The summed E-state index contributed by atoms with van der Waals surface area (Å²) in [5, 5.41) is 10.9. The minimum Gasteiger partial charge on any atom is -0.481 e. The van der Waals surface area contributed by atoms with Gasteiger partial charge in [0.2, 0.25) is 5.13 Å². The monoisotopic (exact) mass is 409 g/mol. The highest BCUT2D eigenvalue weighted by Gasteiger charge is 2.19. The van der Waals surface area contributed by atoms with E-state index >= 15 is 0 Å². The van der Waals surface area contributed by atoms with Crippen LogP contribution in [0, 0.1) is 6.92 Å². The van der Waals surface area contributed by atoms with Crippen LogP contribution in [0.3, 0.4) is 0 Å². The Labute approximate surface area is 166 Å². The molecule has 146 valence electrons. The second-order valence-corrected chi connectivity index (χ2v) is 8.38. The van der Waals surface area contributed by atoms with E-state index in [0.29, 0.717) is 15.2 Å². The number of aromatic nitrogens is 2. The Kier molecular flexibility index (Phi) is 7.61. The van der Waals surface area contributed by atoms with Gasteiger partial charge in [0.1, 0.15) is 5.75 Å². The van der Waals surface area contributed by atoms with Crippen LogP contribution in [0.4, 0.5) is 5.13 Å². The molecular weight excluding hydrogens is 386 g/mol. The van der Waals surface area contributed by atoms with E-state index in [2.05, 4.69) is 34.1 Å². The van der Waals surface area contributed by atoms with E-state index < -0.39 is 6.10 Å². The molecular formula is C18H23N3O4S2. The molecule has 0 spiro atoms. The predicted molar refractivity (Wildman–Crippen MR) is 107 cm³/mol. The van der Waals surface area contributed by atoms with Crippen molar-refractivity contribution in [2.45, 2.75) is 44.1 Å². The van der Waals surface area contributed by atoms with Crippen molar-refractivity contribution in [3.8, 4) is 5.75 Å². The first-order chi connectivity index (χ1) is 12.8. The number of esters is 1.